The van der Waals surface area contributed by atoms with Crippen molar-refractivity contribution in [1.29, 1.82) is 0 Å². The minimum atomic E-state index is -0.811. The smallest absolute Gasteiger partial charge is 0.374 e. The molecule has 2 rings (SSSR count). The number of rotatable bonds is 5. The predicted molar refractivity (Wildman–Crippen MR) is 96.3 cm³/mol. The zero-order valence-electron chi connectivity index (χ0n) is 14.9. The van der Waals surface area contributed by atoms with Crippen LogP contribution in [0.2, 0.25) is 0 Å². The van der Waals surface area contributed by atoms with Gasteiger partial charge in [-0.05, 0) is 42.2 Å². The van der Waals surface area contributed by atoms with Gasteiger partial charge in [-0.15, -0.1) is 0 Å². The zero-order chi connectivity index (χ0) is 18.4. The van der Waals surface area contributed by atoms with Gasteiger partial charge in [0.25, 0.3) is 0 Å². The zero-order valence-corrected chi connectivity index (χ0v) is 14.9. The number of nitrogens with zero attached hydrogens (tertiary/aromatic N) is 2. The van der Waals surface area contributed by atoms with E-state index in [-0.39, 0.29) is 11.3 Å². The lowest BCUT2D eigenvalue weighted by atomic mass is 9.87. The second kappa shape index (κ2) is 7.79. The number of benzene rings is 1. The van der Waals surface area contributed by atoms with Gasteiger partial charge < -0.3 is 15.3 Å². The van der Waals surface area contributed by atoms with Crippen LogP contribution >= 0.6 is 0 Å². The summed E-state index contributed by atoms with van der Waals surface area (Å²) in [7, 11) is 0. The molecule has 1 aromatic heterocycles. The van der Waals surface area contributed by atoms with Crippen LogP contribution in [0.25, 0.3) is 0 Å². The Morgan fingerprint density at radius 2 is 1.72 bits per heavy atom. The fourth-order valence-corrected chi connectivity index (χ4v) is 2.03. The largest absolute Gasteiger partial charge is 0.479 e. The van der Waals surface area contributed by atoms with E-state index in [0.29, 0.717) is 11.3 Å². The predicted octanol–water partition coefficient (Wildman–Crippen LogP) is 3.01. The number of carbonyl (C=O) groups is 1. The van der Waals surface area contributed by atoms with Crippen molar-refractivity contribution < 1.29 is 14.4 Å². The summed E-state index contributed by atoms with van der Waals surface area (Å²) in [5.74, 6) is 0.0536. The summed E-state index contributed by atoms with van der Waals surface area (Å²) in [4.78, 5) is 20.7. The Bertz CT molecular complexity index is 735. The molecule has 0 amide bonds. The third kappa shape index (κ3) is 5.31. The molecule has 0 saturated heterocycles. The standard InChI is InChI=1S/C19H23N3O3/c1-13(24-16-7-5-15(6-8-16)19(2,3)4)18(23)25-22-17(20)14-9-11-21-12-10-14/h5-13H,1-4H3,(H2,20,22)/t13-/m1/s1. The van der Waals surface area contributed by atoms with Crippen LogP contribution in [0.1, 0.15) is 38.8 Å². The lowest BCUT2D eigenvalue weighted by Gasteiger charge is -2.19. The van der Waals surface area contributed by atoms with E-state index in [0.717, 1.165) is 0 Å². The summed E-state index contributed by atoms with van der Waals surface area (Å²) in [5, 5.41) is 3.64. The van der Waals surface area contributed by atoms with E-state index in [9.17, 15) is 4.79 Å². The molecule has 0 unspecified atom stereocenters. The fourth-order valence-electron chi connectivity index (χ4n) is 2.03. The van der Waals surface area contributed by atoms with Crippen molar-refractivity contribution in [3.63, 3.8) is 0 Å². The van der Waals surface area contributed by atoms with Gasteiger partial charge in [-0.2, -0.15) is 0 Å². The van der Waals surface area contributed by atoms with Gasteiger partial charge in [0.05, 0.1) is 0 Å². The lowest BCUT2D eigenvalue weighted by molar-refractivity contribution is -0.151. The Labute approximate surface area is 147 Å². The first-order valence-corrected chi connectivity index (χ1v) is 7.99. The van der Waals surface area contributed by atoms with Crippen molar-refractivity contribution >= 4 is 11.8 Å². The van der Waals surface area contributed by atoms with Gasteiger partial charge in [0, 0.05) is 18.0 Å². The van der Waals surface area contributed by atoms with Crippen molar-refractivity contribution in [2.24, 2.45) is 10.9 Å². The first-order chi connectivity index (χ1) is 11.8. The maximum atomic E-state index is 12.0. The molecule has 0 aliphatic carbocycles. The summed E-state index contributed by atoms with van der Waals surface area (Å²) in [6, 6.07) is 11.0. The molecule has 0 aliphatic heterocycles. The number of amidine groups is 1. The van der Waals surface area contributed by atoms with Crippen molar-refractivity contribution in [1.82, 2.24) is 4.98 Å². The first-order valence-electron chi connectivity index (χ1n) is 7.99. The lowest BCUT2D eigenvalue weighted by Crippen LogP contribution is -2.26. The molecule has 132 valence electrons. The Morgan fingerprint density at radius 3 is 2.28 bits per heavy atom. The van der Waals surface area contributed by atoms with E-state index in [4.69, 9.17) is 15.3 Å². The highest BCUT2D eigenvalue weighted by molar-refractivity contribution is 5.97. The highest BCUT2D eigenvalue weighted by Crippen LogP contribution is 2.24. The van der Waals surface area contributed by atoms with Gasteiger partial charge in [-0.1, -0.05) is 38.1 Å². The van der Waals surface area contributed by atoms with Gasteiger partial charge in [0.15, 0.2) is 11.9 Å². The van der Waals surface area contributed by atoms with Gasteiger partial charge in [-0.3, -0.25) is 4.98 Å². The molecule has 6 heteroatoms. The fraction of sp³-hybridized carbons (Fsp3) is 0.316. The van der Waals surface area contributed by atoms with E-state index in [1.165, 1.54) is 5.56 Å². The van der Waals surface area contributed by atoms with E-state index in [1.54, 1.807) is 31.5 Å². The Morgan fingerprint density at radius 1 is 1.12 bits per heavy atom. The average Bonchev–Trinajstić information content (AvgIpc) is 2.59. The van der Waals surface area contributed by atoms with Crippen LogP contribution in [0.5, 0.6) is 5.75 Å². The molecule has 0 saturated carbocycles. The third-order valence-electron chi connectivity index (χ3n) is 3.58. The second-order valence-electron chi connectivity index (χ2n) is 6.66. The number of ether oxygens (including phenoxy) is 1. The number of aromatic nitrogens is 1. The van der Waals surface area contributed by atoms with E-state index in [2.05, 4.69) is 30.9 Å². The first kappa shape index (κ1) is 18.4. The second-order valence-corrected chi connectivity index (χ2v) is 6.66. The van der Waals surface area contributed by atoms with Gasteiger partial charge >= 0.3 is 5.97 Å². The summed E-state index contributed by atoms with van der Waals surface area (Å²) in [6.45, 7) is 7.99. The van der Waals surface area contributed by atoms with E-state index >= 15 is 0 Å². The Hall–Kier alpha value is -2.89. The minimum absolute atomic E-state index is 0.0578. The Kier molecular flexibility index (Phi) is 5.75. The summed E-state index contributed by atoms with van der Waals surface area (Å²) in [5.41, 5.74) is 7.62. The van der Waals surface area contributed by atoms with E-state index in [1.807, 2.05) is 24.3 Å². The van der Waals surface area contributed by atoms with Crippen molar-refractivity contribution in [2.75, 3.05) is 0 Å². The number of hydrogen-bond acceptors (Lipinski definition) is 5. The van der Waals surface area contributed by atoms with Gasteiger partial charge in [0.2, 0.25) is 0 Å². The maximum absolute atomic E-state index is 12.0. The van der Waals surface area contributed by atoms with Crippen molar-refractivity contribution in [3.05, 3.63) is 59.9 Å². The molecule has 2 aromatic rings. The van der Waals surface area contributed by atoms with Crippen LogP contribution in [0.3, 0.4) is 0 Å². The molecule has 0 radical (unpaired) electrons. The molecule has 0 fully saturated rings. The topological polar surface area (TPSA) is 86.8 Å². The van der Waals surface area contributed by atoms with Crippen LogP contribution in [0.4, 0.5) is 0 Å². The molecular formula is C19H23N3O3. The summed E-state index contributed by atoms with van der Waals surface area (Å²) < 4.78 is 5.59. The average molecular weight is 341 g/mol. The highest BCUT2D eigenvalue weighted by Gasteiger charge is 2.18. The molecule has 1 atom stereocenters. The van der Waals surface area contributed by atoms with Crippen LogP contribution in [0.15, 0.2) is 53.9 Å². The van der Waals surface area contributed by atoms with Crippen LogP contribution in [-0.4, -0.2) is 22.9 Å². The van der Waals surface area contributed by atoms with Gasteiger partial charge in [-0.25, -0.2) is 4.79 Å². The Balaban J connectivity index is 1.94. The third-order valence-corrected chi connectivity index (χ3v) is 3.58. The summed E-state index contributed by atoms with van der Waals surface area (Å²) >= 11 is 0. The molecule has 1 heterocycles. The number of hydrogen-bond donors (Lipinski definition) is 1. The SMILES string of the molecule is C[C@@H](Oc1ccc(C(C)(C)C)cc1)C(=O)O/N=C(/N)c1ccncc1. The van der Waals surface area contributed by atoms with Crippen molar-refractivity contribution in [2.45, 2.75) is 39.2 Å². The maximum Gasteiger partial charge on any atom is 0.374 e. The van der Waals surface area contributed by atoms with Crippen LogP contribution in [0, 0.1) is 0 Å². The number of pyridine rings is 1. The van der Waals surface area contributed by atoms with Crippen LogP contribution < -0.4 is 10.5 Å². The van der Waals surface area contributed by atoms with E-state index < -0.39 is 12.1 Å². The van der Waals surface area contributed by atoms with Gasteiger partial charge in [0.1, 0.15) is 5.75 Å². The quantitative estimate of drug-likeness (QED) is 0.391. The number of carbonyl (C=O) groups excluding carboxylic acids is 1. The molecule has 2 N–H and O–H groups in total. The number of nitrogens with two attached hydrogens (primary N) is 1. The molecule has 25 heavy (non-hydrogen) atoms. The molecule has 1 aromatic carbocycles. The molecule has 6 nitrogen and oxygen atoms in total. The monoisotopic (exact) mass is 341 g/mol. The highest BCUT2D eigenvalue weighted by atomic mass is 16.7. The molecule has 0 bridgehead atoms. The molecular weight excluding hydrogens is 318 g/mol. The minimum Gasteiger partial charge on any atom is -0.479 e. The molecule has 0 aliphatic rings. The normalized spacial score (nSPS) is 13.2. The molecule has 0 spiro atoms. The van der Waals surface area contributed by atoms with Crippen molar-refractivity contribution in [3.8, 4) is 5.75 Å². The van der Waals surface area contributed by atoms with Crippen LogP contribution in [-0.2, 0) is 15.0 Å². The summed E-state index contributed by atoms with van der Waals surface area (Å²) in [6.07, 6.45) is 2.34. The number of oxime groups is 1.